The van der Waals surface area contributed by atoms with Crippen LogP contribution in [-0.4, -0.2) is 27.8 Å². The van der Waals surface area contributed by atoms with E-state index in [1.807, 2.05) is 45.9 Å². The van der Waals surface area contributed by atoms with Crippen molar-refractivity contribution < 1.29 is 9.59 Å². The molecule has 1 atom stereocenters. The largest absolute Gasteiger partial charge is 0.368 e. The van der Waals surface area contributed by atoms with Crippen molar-refractivity contribution in [1.82, 2.24) is 9.97 Å². The number of hydrogen-bond acceptors (Lipinski definition) is 6. The van der Waals surface area contributed by atoms with Crippen molar-refractivity contribution in [1.29, 1.82) is 0 Å². The Morgan fingerprint density at radius 3 is 2.25 bits per heavy atom. The maximum absolute atomic E-state index is 12.4. The number of aryl methyl sites for hydroxylation is 2. The number of aromatic nitrogens is 2. The Labute approximate surface area is 162 Å². The molecule has 0 saturated heterocycles. The summed E-state index contributed by atoms with van der Waals surface area (Å²) in [7, 11) is 0. The molecule has 0 aliphatic carbocycles. The van der Waals surface area contributed by atoms with Crippen LogP contribution in [0.2, 0.25) is 0 Å². The molecule has 0 bridgehead atoms. The van der Waals surface area contributed by atoms with Crippen molar-refractivity contribution in [2.24, 2.45) is 17.4 Å². The number of amides is 2. The maximum atomic E-state index is 12.4. The van der Waals surface area contributed by atoms with Crippen LogP contribution in [0, 0.1) is 19.8 Å². The molecule has 0 aliphatic rings. The van der Waals surface area contributed by atoms with E-state index in [9.17, 15) is 14.4 Å². The smallest absolute Gasteiger partial charge is 0.267 e. The number of H-pyrrole nitrogens is 1. The number of anilines is 3. The van der Waals surface area contributed by atoms with Crippen LogP contribution in [0.4, 0.5) is 17.5 Å². The average Bonchev–Trinajstić information content (AvgIpc) is 2.51. The first-order valence-electron chi connectivity index (χ1n) is 8.92. The molecular weight excluding hydrogens is 360 g/mol. The third-order valence-corrected chi connectivity index (χ3v) is 4.01. The highest BCUT2D eigenvalue weighted by atomic mass is 16.2. The Kier molecular flexibility index (Phi) is 6.40. The molecule has 0 spiro atoms. The normalized spacial score (nSPS) is 11.9. The van der Waals surface area contributed by atoms with Crippen LogP contribution >= 0.6 is 0 Å². The molecule has 2 aromatic rings. The standard InChI is InChI=1S/C19H26N6O3/c1-9(2)5-13(15(20)26)23-19-24-17(14(16(21)27)18(28)25-19)22-12-7-10(3)6-11(4)8-12/h6-9,13H,5H2,1-4H3,(H2,20,26)(H2,21,27)(H3,22,23,24,25,28)/t13-/m1/s1. The number of nitrogens with one attached hydrogen (secondary N) is 3. The van der Waals surface area contributed by atoms with Crippen molar-refractivity contribution in [3.8, 4) is 0 Å². The number of nitrogens with two attached hydrogens (primary N) is 2. The molecule has 9 nitrogen and oxygen atoms in total. The van der Waals surface area contributed by atoms with Gasteiger partial charge in [0.25, 0.3) is 11.5 Å². The van der Waals surface area contributed by atoms with E-state index in [2.05, 4.69) is 20.6 Å². The van der Waals surface area contributed by atoms with Gasteiger partial charge in [0.2, 0.25) is 11.9 Å². The fourth-order valence-corrected chi connectivity index (χ4v) is 2.93. The van der Waals surface area contributed by atoms with Crippen LogP contribution < -0.4 is 27.7 Å². The molecule has 28 heavy (non-hydrogen) atoms. The van der Waals surface area contributed by atoms with E-state index in [0.717, 1.165) is 11.1 Å². The van der Waals surface area contributed by atoms with Gasteiger partial charge in [0.05, 0.1) is 0 Å². The molecule has 2 amide bonds. The fraction of sp³-hybridized carbons (Fsp3) is 0.368. The highest BCUT2D eigenvalue weighted by Crippen LogP contribution is 2.21. The maximum Gasteiger partial charge on any atom is 0.267 e. The van der Waals surface area contributed by atoms with Gasteiger partial charge in [0.1, 0.15) is 11.6 Å². The summed E-state index contributed by atoms with van der Waals surface area (Å²) in [5.41, 5.74) is 12.4. The quantitative estimate of drug-likeness (QED) is 0.463. The first-order valence-corrected chi connectivity index (χ1v) is 8.92. The van der Waals surface area contributed by atoms with Gasteiger partial charge in [0.15, 0.2) is 5.82 Å². The van der Waals surface area contributed by atoms with E-state index < -0.39 is 23.4 Å². The lowest BCUT2D eigenvalue weighted by Gasteiger charge is -2.18. The van der Waals surface area contributed by atoms with Crippen LogP contribution in [0.3, 0.4) is 0 Å². The molecule has 1 aromatic carbocycles. The number of carbonyl (C=O) groups is 2. The zero-order valence-corrected chi connectivity index (χ0v) is 16.4. The van der Waals surface area contributed by atoms with Crippen molar-refractivity contribution in [2.75, 3.05) is 10.6 Å². The fourth-order valence-electron chi connectivity index (χ4n) is 2.93. The molecule has 9 heteroatoms. The lowest BCUT2D eigenvalue weighted by molar-refractivity contribution is -0.119. The van der Waals surface area contributed by atoms with Crippen LogP contribution in [0.5, 0.6) is 0 Å². The number of aromatic amines is 1. The van der Waals surface area contributed by atoms with E-state index in [1.54, 1.807) is 0 Å². The van der Waals surface area contributed by atoms with E-state index in [4.69, 9.17) is 11.5 Å². The predicted octanol–water partition coefficient (Wildman–Crippen LogP) is 1.54. The second-order valence-electron chi connectivity index (χ2n) is 7.23. The molecule has 150 valence electrons. The molecular formula is C19H26N6O3. The Bertz CT molecular complexity index is 931. The Balaban J connectivity index is 2.46. The van der Waals surface area contributed by atoms with Crippen molar-refractivity contribution in [2.45, 2.75) is 40.2 Å². The lowest BCUT2D eigenvalue weighted by atomic mass is 10.0. The summed E-state index contributed by atoms with van der Waals surface area (Å²) < 4.78 is 0. The summed E-state index contributed by atoms with van der Waals surface area (Å²) in [6, 6.07) is 4.95. The van der Waals surface area contributed by atoms with Gasteiger partial charge in [0, 0.05) is 5.69 Å². The molecule has 0 fully saturated rings. The summed E-state index contributed by atoms with van der Waals surface area (Å²) in [5, 5.41) is 5.80. The van der Waals surface area contributed by atoms with Crippen molar-refractivity contribution in [3.05, 3.63) is 45.2 Å². The van der Waals surface area contributed by atoms with Crippen LogP contribution in [0.25, 0.3) is 0 Å². The molecule has 7 N–H and O–H groups in total. The number of benzene rings is 1. The predicted molar refractivity (Wildman–Crippen MR) is 109 cm³/mol. The Morgan fingerprint density at radius 1 is 1.14 bits per heavy atom. The lowest BCUT2D eigenvalue weighted by Crippen LogP contribution is -2.38. The Hall–Kier alpha value is -3.36. The van der Waals surface area contributed by atoms with Gasteiger partial charge in [-0.3, -0.25) is 19.4 Å². The highest BCUT2D eigenvalue weighted by Gasteiger charge is 2.21. The minimum Gasteiger partial charge on any atom is -0.368 e. The molecule has 2 rings (SSSR count). The van der Waals surface area contributed by atoms with Gasteiger partial charge in [-0.1, -0.05) is 19.9 Å². The van der Waals surface area contributed by atoms with Gasteiger partial charge < -0.3 is 22.1 Å². The number of rotatable bonds is 8. The van der Waals surface area contributed by atoms with Crippen LogP contribution in [-0.2, 0) is 4.79 Å². The van der Waals surface area contributed by atoms with E-state index in [-0.39, 0.29) is 23.2 Å². The molecule has 0 aliphatic heterocycles. The van der Waals surface area contributed by atoms with Crippen molar-refractivity contribution in [3.63, 3.8) is 0 Å². The molecule has 1 heterocycles. The van der Waals surface area contributed by atoms with Crippen LogP contribution in [0.1, 0.15) is 41.8 Å². The topological polar surface area (TPSA) is 156 Å². The monoisotopic (exact) mass is 386 g/mol. The van der Waals surface area contributed by atoms with Crippen molar-refractivity contribution >= 4 is 29.3 Å². The molecule has 0 radical (unpaired) electrons. The second kappa shape index (κ2) is 8.55. The Morgan fingerprint density at radius 2 is 1.75 bits per heavy atom. The molecule has 0 unspecified atom stereocenters. The minimum absolute atomic E-state index is 0.00322. The zero-order chi connectivity index (χ0) is 21.0. The number of nitrogens with zero attached hydrogens (tertiary/aromatic N) is 1. The molecule has 1 aromatic heterocycles. The van der Waals surface area contributed by atoms with E-state index in [1.165, 1.54) is 0 Å². The average molecular weight is 386 g/mol. The van der Waals surface area contributed by atoms with Gasteiger partial charge >= 0.3 is 0 Å². The first kappa shape index (κ1) is 20.9. The van der Waals surface area contributed by atoms with Gasteiger partial charge in [-0.05, 0) is 49.4 Å². The molecule has 0 saturated carbocycles. The first-order chi connectivity index (χ1) is 13.1. The number of carbonyl (C=O) groups excluding carboxylic acids is 2. The van der Waals surface area contributed by atoms with Crippen LogP contribution in [0.15, 0.2) is 23.0 Å². The van der Waals surface area contributed by atoms with Gasteiger partial charge in [-0.25, -0.2) is 0 Å². The summed E-state index contributed by atoms with van der Waals surface area (Å²) in [4.78, 5) is 42.6. The second-order valence-corrected chi connectivity index (χ2v) is 7.23. The van der Waals surface area contributed by atoms with E-state index in [0.29, 0.717) is 12.1 Å². The van der Waals surface area contributed by atoms with Gasteiger partial charge in [-0.2, -0.15) is 4.98 Å². The summed E-state index contributed by atoms with van der Waals surface area (Å²) in [6.45, 7) is 7.73. The summed E-state index contributed by atoms with van der Waals surface area (Å²) in [6.07, 6.45) is 0.455. The zero-order valence-electron chi connectivity index (χ0n) is 16.4. The van der Waals surface area contributed by atoms with Gasteiger partial charge in [-0.15, -0.1) is 0 Å². The summed E-state index contributed by atoms with van der Waals surface area (Å²) >= 11 is 0. The van der Waals surface area contributed by atoms with E-state index >= 15 is 0 Å². The highest BCUT2D eigenvalue weighted by molar-refractivity contribution is 5.98. The number of hydrogen-bond donors (Lipinski definition) is 5. The number of primary amides is 2. The summed E-state index contributed by atoms with van der Waals surface area (Å²) in [5.74, 6) is -1.28. The minimum atomic E-state index is -0.916. The third-order valence-electron chi connectivity index (χ3n) is 4.01. The third kappa shape index (κ3) is 5.32. The SMILES string of the molecule is Cc1cc(C)cc(Nc2nc(N[C@H](CC(C)C)C(N)=O)[nH]c(=O)c2C(N)=O)c1.